The van der Waals surface area contributed by atoms with E-state index in [0.717, 1.165) is 22.6 Å². The summed E-state index contributed by atoms with van der Waals surface area (Å²) >= 11 is 0. The van der Waals surface area contributed by atoms with Gasteiger partial charge in [-0.05, 0) is 6.07 Å². The third-order valence-electron chi connectivity index (χ3n) is 2.79. The van der Waals surface area contributed by atoms with Crippen molar-refractivity contribution in [1.82, 2.24) is 24.7 Å². The van der Waals surface area contributed by atoms with E-state index in [4.69, 9.17) is 5.73 Å². The van der Waals surface area contributed by atoms with Gasteiger partial charge in [-0.3, -0.25) is 10.1 Å². The van der Waals surface area contributed by atoms with E-state index in [1.54, 1.807) is 18.6 Å². The van der Waals surface area contributed by atoms with Gasteiger partial charge in [0, 0.05) is 37.4 Å². The van der Waals surface area contributed by atoms with Crippen LogP contribution in [0.2, 0.25) is 0 Å². The molecule has 0 radical (unpaired) electrons. The Kier molecular flexibility index (Phi) is 2.33. The van der Waals surface area contributed by atoms with Crippen LogP contribution < -0.4 is 5.73 Å². The highest BCUT2D eigenvalue weighted by Gasteiger charge is 2.17. The standard InChI is InChI=1S/C12H12N6/c1-18-6-5-15-12(18)10-9(11(13)17-16-10)8-3-2-4-14-7-8/h2-7H,1H3,(H3,13,16,17). The van der Waals surface area contributed by atoms with E-state index in [9.17, 15) is 0 Å². The van der Waals surface area contributed by atoms with Crippen LogP contribution in [0.25, 0.3) is 22.6 Å². The van der Waals surface area contributed by atoms with Crippen LogP contribution in [0, 0.1) is 0 Å². The van der Waals surface area contributed by atoms with Crippen LogP contribution in [0.4, 0.5) is 5.82 Å². The first-order valence-electron chi connectivity index (χ1n) is 5.49. The lowest BCUT2D eigenvalue weighted by molar-refractivity contribution is 0.914. The van der Waals surface area contributed by atoms with E-state index in [1.165, 1.54) is 0 Å². The van der Waals surface area contributed by atoms with Crippen LogP contribution in [-0.4, -0.2) is 24.7 Å². The molecule has 3 aromatic rings. The second-order valence-corrected chi connectivity index (χ2v) is 3.96. The number of aromatic nitrogens is 5. The Hall–Kier alpha value is -2.63. The molecule has 0 fully saturated rings. The van der Waals surface area contributed by atoms with Gasteiger partial charge in [0.15, 0.2) is 11.6 Å². The van der Waals surface area contributed by atoms with Gasteiger partial charge in [-0.2, -0.15) is 5.10 Å². The maximum atomic E-state index is 5.92. The van der Waals surface area contributed by atoms with Gasteiger partial charge >= 0.3 is 0 Å². The summed E-state index contributed by atoms with van der Waals surface area (Å²) in [5.41, 5.74) is 8.47. The first kappa shape index (κ1) is 10.5. The number of rotatable bonds is 2. The summed E-state index contributed by atoms with van der Waals surface area (Å²) in [7, 11) is 1.92. The molecule has 90 valence electrons. The number of hydrogen-bond acceptors (Lipinski definition) is 4. The van der Waals surface area contributed by atoms with E-state index in [1.807, 2.05) is 29.9 Å². The smallest absolute Gasteiger partial charge is 0.158 e. The minimum absolute atomic E-state index is 0.445. The molecular formula is C12H12N6. The van der Waals surface area contributed by atoms with Gasteiger partial charge in [0.05, 0.1) is 5.56 Å². The van der Waals surface area contributed by atoms with Crippen LogP contribution in [0.5, 0.6) is 0 Å². The molecule has 3 N–H and O–H groups in total. The number of anilines is 1. The molecule has 0 atom stereocenters. The highest BCUT2D eigenvalue weighted by molar-refractivity contribution is 5.85. The van der Waals surface area contributed by atoms with Gasteiger partial charge < -0.3 is 10.3 Å². The highest BCUT2D eigenvalue weighted by atomic mass is 15.2. The number of hydrogen-bond donors (Lipinski definition) is 2. The number of H-pyrrole nitrogens is 1. The normalized spacial score (nSPS) is 10.7. The van der Waals surface area contributed by atoms with Crippen molar-refractivity contribution in [2.45, 2.75) is 0 Å². The van der Waals surface area contributed by atoms with Gasteiger partial charge in [-0.15, -0.1) is 0 Å². The van der Waals surface area contributed by atoms with E-state index >= 15 is 0 Å². The molecular weight excluding hydrogens is 228 g/mol. The first-order valence-corrected chi connectivity index (χ1v) is 5.49. The Labute approximate surface area is 104 Å². The van der Waals surface area contributed by atoms with Crippen molar-refractivity contribution >= 4 is 5.82 Å². The third kappa shape index (κ3) is 1.55. The average molecular weight is 240 g/mol. The summed E-state index contributed by atoms with van der Waals surface area (Å²) in [6.45, 7) is 0. The molecule has 3 aromatic heterocycles. The zero-order valence-corrected chi connectivity index (χ0v) is 9.83. The van der Waals surface area contributed by atoms with Crippen LogP contribution in [0.1, 0.15) is 0 Å². The van der Waals surface area contributed by atoms with Gasteiger partial charge in [0.25, 0.3) is 0 Å². The minimum Gasteiger partial charge on any atom is -0.382 e. The lowest BCUT2D eigenvalue weighted by Crippen LogP contribution is -1.94. The Morgan fingerprint density at radius 1 is 1.33 bits per heavy atom. The van der Waals surface area contributed by atoms with Crippen LogP contribution in [0.15, 0.2) is 36.9 Å². The second kappa shape index (κ2) is 3.99. The van der Waals surface area contributed by atoms with E-state index in [0.29, 0.717) is 5.82 Å². The van der Waals surface area contributed by atoms with Gasteiger partial charge in [0.2, 0.25) is 0 Å². The topological polar surface area (TPSA) is 85.4 Å². The maximum Gasteiger partial charge on any atom is 0.158 e. The first-order chi connectivity index (χ1) is 8.77. The fourth-order valence-corrected chi connectivity index (χ4v) is 1.93. The van der Waals surface area contributed by atoms with Gasteiger partial charge in [0.1, 0.15) is 5.69 Å². The number of aryl methyl sites for hydroxylation is 1. The van der Waals surface area contributed by atoms with Crippen LogP contribution >= 0.6 is 0 Å². The molecule has 0 bridgehead atoms. The fraction of sp³-hybridized carbons (Fsp3) is 0.0833. The Morgan fingerprint density at radius 3 is 2.89 bits per heavy atom. The molecule has 0 aliphatic rings. The third-order valence-corrected chi connectivity index (χ3v) is 2.79. The molecule has 0 saturated carbocycles. The molecule has 0 amide bonds. The number of nitrogens with zero attached hydrogens (tertiary/aromatic N) is 4. The second-order valence-electron chi connectivity index (χ2n) is 3.96. The van der Waals surface area contributed by atoms with Crippen molar-refractivity contribution in [3.63, 3.8) is 0 Å². The summed E-state index contributed by atoms with van der Waals surface area (Å²) in [6, 6.07) is 3.81. The number of nitrogens with two attached hydrogens (primary N) is 1. The molecule has 0 unspecified atom stereocenters. The SMILES string of the molecule is Cn1ccnc1-c1[nH]nc(N)c1-c1cccnc1. The molecule has 6 nitrogen and oxygen atoms in total. The Balaban J connectivity index is 2.22. The number of aromatic amines is 1. The number of nitrogens with one attached hydrogen (secondary N) is 1. The average Bonchev–Trinajstić information content (AvgIpc) is 2.96. The molecule has 0 aromatic carbocycles. The fourth-order valence-electron chi connectivity index (χ4n) is 1.93. The summed E-state index contributed by atoms with van der Waals surface area (Å²) in [4.78, 5) is 8.40. The van der Waals surface area contributed by atoms with E-state index < -0.39 is 0 Å². The lowest BCUT2D eigenvalue weighted by Gasteiger charge is -2.04. The van der Waals surface area contributed by atoms with Crippen LogP contribution in [-0.2, 0) is 7.05 Å². The quantitative estimate of drug-likeness (QED) is 0.710. The van der Waals surface area contributed by atoms with E-state index in [2.05, 4.69) is 20.2 Å². The molecule has 18 heavy (non-hydrogen) atoms. The summed E-state index contributed by atoms with van der Waals surface area (Å²) < 4.78 is 1.91. The predicted octanol–water partition coefficient (Wildman–Crippen LogP) is 1.45. The van der Waals surface area contributed by atoms with Crippen molar-refractivity contribution in [3.05, 3.63) is 36.9 Å². The number of nitrogen functional groups attached to an aromatic ring is 1. The Bertz CT molecular complexity index is 667. The Morgan fingerprint density at radius 2 is 2.22 bits per heavy atom. The van der Waals surface area contributed by atoms with Crippen molar-refractivity contribution < 1.29 is 0 Å². The monoisotopic (exact) mass is 240 g/mol. The summed E-state index contributed by atoms with van der Waals surface area (Å²) in [6.07, 6.45) is 7.09. The molecule has 6 heteroatoms. The number of pyridine rings is 1. The van der Waals surface area contributed by atoms with Crippen molar-refractivity contribution in [2.24, 2.45) is 7.05 Å². The largest absolute Gasteiger partial charge is 0.382 e. The molecule has 0 saturated heterocycles. The number of imidazole rings is 1. The molecule has 3 heterocycles. The van der Waals surface area contributed by atoms with Gasteiger partial charge in [-0.25, -0.2) is 4.98 Å². The van der Waals surface area contributed by atoms with Crippen molar-refractivity contribution in [1.29, 1.82) is 0 Å². The molecule has 0 aliphatic heterocycles. The van der Waals surface area contributed by atoms with Crippen molar-refractivity contribution in [2.75, 3.05) is 5.73 Å². The van der Waals surface area contributed by atoms with Crippen LogP contribution in [0.3, 0.4) is 0 Å². The summed E-state index contributed by atoms with van der Waals surface area (Å²) in [5.74, 6) is 1.24. The van der Waals surface area contributed by atoms with Gasteiger partial charge in [-0.1, -0.05) is 6.07 Å². The maximum absolute atomic E-state index is 5.92. The molecule has 0 aliphatic carbocycles. The van der Waals surface area contributed by atoms with Crippen molar-refractivity contribution in [3.8, 4) is 22.6 Å². The molecule has 3 rings (SSSR count). The highest BCUT2D eigenvalue weighted by Crippen LogP contribution is 2.32. The van der Waals surface area contributed by atoms with E-state index in [-0.39, 0.29) is 0 Å². The summed E-state index contributed by atoms with van der Waals surface area (Å²) in [5, 5.41) is 6.99. The zero-order valence-electron chi connectivity index (χ0n) is 9.83. The minimum atomic E-state index is 0.445. The zero-order chi connectivity index (χ0) is 12.5. The lowest BCUT2D eigenvalue weighted by atomic mass is 10.1. The molecule has 0 spiro atoms. The predicted molar refractivity (Wildman–Crippen MR) is 68.4 cm³/mol.